The van der Waals surface area contributed by atoms with Gasteiger partial charge in [-0.3, -0.25) is 4.68 Å². The van der Waals surface area contributed by atoms with E-state index in [4.69, 9.17) is 5.11 Å². The van der Waals surface area contributed by atoms with Gasteiger partial charge in [-0.25, -0.2) is 9.97 Å². The Hall–Kier alpha value is -1.69. The Kier molecular flexibility index (Phi) is 2.28. The molecule has 0 bridgehead atoms. The van der Waals surface area contributed by atoms with E-state index >= 15 is 0 Å². The molecule has 0 aromatic carbocycles. The monoisotopic (exact) mass is 193 g/mol. The first-order valence-electron chi connectivity index (χ1n) is 4.24. The van der Waals surface area contributed by atoms with Gasteiger partial charge < -0.3 is 9.67 Å². The van der Waals surface area contributed by atoms with E-state index in [1.54, 1.807) is 23.5 Å². The molecule has 2 rings (SSSR count). The maximum absolute atomic E-state index is 8.98. The number of rotatable bonds is 3. The Balaban J connectivity index is 2.18. The van der Waals surface area contributed by atoms with Crippen molar-refractivity contribution in [1.82, 2.24) is 24.3 Å². The van der Waals surface area contributed by atoms with Crippen LogP contribution < -0.4 is 0 Å². The summed E-state index contributed by atoms with van der Waals surface area (Å²) in [5, 5.41) is 13.1. The average Bonchev–Trinajstić information content (AvgIpc) is 2.76. The molecule has 2 heterocycles. The van der Waals surface area contributed by atoms with E-state index < -0.39 is 0 Å². The van der Waals surface area contributed by atoms with Crippen LogP contribution in [-0.4, -0.2) is 29.4 Å². The van der Waals surface area contributed by atoms with E-state index in [0.717, 1.165) is 5.69 Å². The normalized spacial score (nSPS) is 10.7. The van der Waals surface area contributed by atoms with E-state index in [0.29, 0.717) is 12.4 Å². The zero-order valence-electron chi connectivity index (χ0n) is 7.83. The highest BCUT2D eigenvalue weighted by Gasteiger charge is 2.04. The van der Waals surface area contributed by atoms with Crippen molar-refractivity contribution in [2.24, 2.45) is 7.05 Å². The van der Waals surface area contributed by atoms with Crippen molar-refractivity contribution in [2.45, 2.75) is 13.2 Å². The van der Waals surface area contributed by atoms with Crippen molar-refractivity contribution in [1.29, 1.82) is 0 Å². The highest BCUT2D eigenvalue weighted by atomic mass is 16.3. The zero-order chi connectivity index (χ0) is 9.97. The minimum atomic E-state index is -0.0210. The van der Waals surface area contributed by atoms with Crippen LogP contribution in [0.1, 0.15) is 11.5 Å². The average molecular weight is 193 g/mol. The second-order valence-corrected chi connectivity index (χ2v) is 3.01. The summed E-state index contributed by atoms with van der Waals surface area (Å²) in [7, 11) is 1.82. The van der Waals surface area contributed by atoms with Gasteiger partial charge in [0.25, 0.3) is 0 Å². The molecule has 0 aliphatic rings. The molecule has 0 aliphatic carbocycles. The fourth-order valence-electron chi connectivity index (χ4n) is 1.23. The largest absolute Gasteiger partial charge is 0.390 e. The van der Waals surface area contributed by atoms with Crippen LogP contribution >= 0.6 is 0 Å². The summed E-state index contributed by atoms with van der Waals surface area (Å²) in [6, 6.07) is 0. The maximum atomic E-state index is 8.98. The molecule has 74 valence electrons. The van der Waals surface area contributed by atoms with Gasteiger partial charge in [-0.2, -0.15) is 5.10 Å². The summed E-state index contributed by atoms with van der Waals surface area (Å²) in [5.41, 5.74) is 0.762. The van der Waals surface area contributed by atoms with E-state index in [1.807, 2.05) is 11.6 Å². The minimum absolute atomic E-state index is 0.0210. The molecule has 0 saturated heterocycles. The Labute approximate surface area is 80.8 Å². The molecule has 2 aromatic heterocycles. The first kappa shape index (κ1) is 8.89. The third kappa shape index (κ3) is 1.64. The number of aryl methyl sites for hydroxylation is 1. The predicted molar refractivity (Wildman–Crippen MR) is 48.3 cm³/mol. The summed E-state index contributed by atoms with van der Waals surface area (Å²) in [4.78, 5) is 8.02. The Bertz CT molecular complexity index is 419. The topological polar surface area (TPSA) is 68.8 Å². The van der Waals surface area contributed by atoms with Crippen molar-refractivity contribution in [3.63, 3.8) is 0 Å². The first-order chi connectivity index (χ1) is 6.79. The summed E-state index contributed by atoms with van der Waals surface area (Å²) in [6.45, 7) is 0.517. The lowest BCUT2D eigenvalue weighted by Gasteiger charge is -2.01. The lowest BCUT2D eigenvalue weighted by Crippen LogP contribution is -2.05. The number of hydrogen-bond acceptors (Lipinski definition) is 4. The van der Waals surface area contributed by atoms with Gasteiger partial charge in [-0.1, -0.05) is 0 Å². The van der Waals surface area contributed by atoms with E-state index in [-0.39, 0.29) is 6.61 Å². The number of imidazole rings is 1. The van der Waals surface area contributed by atoms with Crippen LogP contribution in [0.4, 0.5) is 0 Å². The predicted octanol–water partition coefficient (Wildman–Crippen LogP) is -0.448. The van der Waals surface area contributed by atoms with Crippen LogP contribution in [-0.2, 0) is 20.2 Å². The van der Waals surface area contributed by atoms with Crippen LogP contribution in [0.3, 0.4) is 0 Å². The van der Waals surface area contributed by atoms with Crippen molar-refractivity contribution in [3.8, 4) is 0 Å². The Morgan fingerprint density at radius 2 is 2.29 bits per heavy atom. The third-order valence-corrected chi connectivity index (χ3v) is 1.92. The molecule has 2 aromatic rings. The van der Waals surface area contributed by atoms with Gasteiger partial charge in [-0.05, 0) is 0 Å². The second kappa shape index (κ2) is 3.59. The fourth-order valence-corrected chi connectivity index (χ4v) is 1.23. The number of aromatic nitrogens is 5. The lowest BCUT2D eigenvalue weighted by molar-refractivity contribution is 0.271. The first-order valence-corrected chi connectivity index (χ1v) is 4.24. The van der Waals surface area contributed by atoms with Crippen LogP contribution in [0.25, 0.3) is 0 Å². The molecular weight excluding hydrogens is 182 g/mol. The number of aliphatic hydroxyl groups excluding tert-OH is 1. The third-order valence-electron chi connectivity index (χ3n) is 1.92. The molecule has 0 spiro atoms. The molecule has 0 aliphatic heterocycles. The summed E-state index contributed by atoms with van der Waals surface area (Å²) < 4.78 is 3.46. The van der Waals surface area contributed by atoms with Crippen LogP contribution in [0.5, 0.6) is 0 Å². The molecule has 0 fully saturated rings. The quantitative estimate of drug-likeness (QED) is 0.717. The molecule has 1 N–H and O–H groups in total. The maximum Gasteiger partial charge on any atom is 0.170 e. The smallest absolute Gasteiger partial charge is 0.170 e. The molecule has 0 atom stereocenters. The standard InChI is InChI=1S/C8H11N5O/c1-12-6-10-8(11-12)3-13-5-9-2-7(13)4-14/h2,5-6,14H,3-4H2,1H3. The van der Waals surface area contributed by atoms with Gasteiger partial charge in [0, 0.05) is 7.05 Å². The molecule has 0 amide bonds. The molecule has 0 unspecified atom stereocenters. The fraction of sp³-hybridized carbons (Fsp3) is 0.375. The van der Waals surface area contributed by atoms with Gasteiger partial charge in [0.1, 0.15) is 6.33 Å². The SMILES string of the molecule is Cn1cnc(Cn2cncc2CO)n1. The number of hydrogen-bond donors (Lipinski definition) is 1. The van der Waals surface area contributed by atoms with Gasteiger partial charge >= 0.3 is 0 Å². The number of aliphatic hydroxyl groups is 1. The van der Waals surface area contributed by atoms with Gasteiger partial charge in [-0.15, -0.1) is 0 Å². The highest BCUT2D eigenvalue weighted by molar-refractivity contribution is 4.99. The molecular formula is C8H11N5O. The summed E-state index contributed by atoms with van der Waals surface area (Å²) in [5.74, 6) is 0.709. The van der Waals surface area contributed by atoms with Crippen molar-refractivity contribution in [2.75, 3.05) is 0 Å². The van der Waals surface area contributed by atoms with Gasteiger partial charge in [0.05, 0.1) is 31.4 Å². The zero-order valence-corrected chi connectivity index (χ0v) is 7.83. The van der Waals surface area contributed by atoms with E-state index in [1.165, 1.54) is 0 Å². The minimum Gasteiger partial charge on any atom is -0.390 e. The second-order valence-electron chi connectivity index (χ2n) is 3.01. The molecule has 0 saturated carbocycles. The van der Waals surface area contributed by atoms with Crippen molar-refractivity contribution in [3.05, 3.63) is 30.4 Å². The number of nitrogens with zero attached hydrogens (tertiary/aromatic N) is 5. The van der Waals surface area contributed by atoms with Crippen LogP contribution in [0, 0.1) is 0 Å². The van der Waals surface area contributed by atoms with Gasteiger partial charge in [0.2, 0.25) is 0 Å². The Morgan fingerprint density at radius 3 is 2.93 bits per heavy atom. The van der Waals surface area contributed by atoms with Crippen molar-refractivity contribution < 1.29 is 5.11 Å². The highest BCUT2D eigenvalue weighted by Crippen LogP contribution is 2.01. The molecule has 14 heavy (non-hydrogen) atoms. The summed E-state index contributed by atoms with van der Waals surface area (Å²) >= 11 is 0. The van der Waals surface area contributed by atoms with E-state index in [2.05, 4.69) is 15.1 Å². The van der Waals surface area contributed by atoms with Gasteiger partial charge in [0.15, 0.2) is 5.82 Å². The molecule has 0 radical (unpaired) electrons. The lowest BCUT2D eigenvalue weighted by atomic mass is 10.5. The Morgan fingerprint density at radius 1 is 1.43 bits per heavy atom. The summed E-state index contributed by atoms with van der Waals surface area (Å²) in [6.07, 6.45) is 4.93. The van der Waals surface area contributed by atoms with Crippen LogP contribution in [0.2, 0.25) is 0 Å². The molecule has 6 heteroatoms. The van der Waals surface area contributed by atoms with Crippen molar-refractivity contribution >= 4 is 0 Å². The molecule has 6 nitrogen and oxygen atoms in total. The van der Waals surface area contributed by atoms with E-state index in [9.17, 15) is 0 Å². The van der Waals surface area contributed by atoms with Crippen LogP contribution in [0.15, 0.2) is 18.9 Å².